The molecule has 1 aromatic carbocycles. The highest BCUT2D eigenvalue weighted by molar-refractivity contribution is 7.07. The van der Waals surface area contributed by atoms with Gasteiger partial charge in [-0.15, -0.1) is 24.5 Å². The number of thiazole rings is 1. The monoisotopic (exact) mass is 273 g/mol. The molecule has 95 valence electrons. The molecule has 1 heterocycles. The van der Waals surface area contributed by atoms with Crippen LogP contribution in [0.4, 0.5) is 24.7 Å². The van der Waals surface area contributed by atoms with E-state index in [1.807, 2.05) is 0 Å². The normalized spacial score (nSPS) is 11.3. The summed E-state index contributed by atoms with van der Waals surface area (Å²) in [5, 5.41) is 1.79. The number of ether oxygens (including phenoxy) is 1. The molecule has 2 aromatic rings. The van der Waals surface area contributed by atoms with E-state index in [4.69, 9.17) is 0 Å². The Hall–Kier alpha value is -1.76. The fraction of sp³-hybridized carbons (Fsp3) is 0.182. The Kier molecular flexibility index (Phi) is 3.42. The number of rotatable bonds is 3. The standard InChI is InChI=1S/C11H8F3N2OS/c1-16(10-6-18-7-15-10)8-2-4-9(5-3-8)17-11(12,13)14/h2-6H,1H3. The van der Waals surface area contributed by atoms with Crippen molar-refractivity contribution in [3.63, 3.8) is 0 Å². The molecule has 7 heteroatoms. The second kappa shape index (κ2) is 4.85. The van der Waals surface area contributed by atoms with Crippen LogP contribution >= 0.6 is 11.3 Å². The predicted molar refractivity (Wildman–Crippen MR) is 62.1 cm³/mol. The van der Waals surface area contributed by atoms with Crippen molar-refractivity contribution < 1.29 is 17.9 Å². The zero-order chi connectivity index (χ0) is 13.2. The summed E-state index contributed by atoms with van der Waals surface area (Å²) in [6.07, 6.45) is -4.67. The Labute approximate surface area is 105 Å². The third-order valence-electron chi connectivity index (χ3n) is 2.18. The van der Waals surface area contributed by atoms with Crippen molar-refractivity contribution in [3.05, 3.63) is 35.2 Å². The number of aromatic nitrogens is 1. The van der Waals surface area contributed by atoms with Gasteiger partial charge in [-0.2, -0.15) is 0 Å². The van der Waals surface area contributed by atoms with Crippen molar-refractivity contribution >= 4 is 22.8 Å². The van der Waals surface area contributed by atoms with Gasteiger partial charge in [-0.1, -0.05) is 0 Å². The van der Waals surface area contributed by atoms with Crippen LogP contribution in [0.25, 0.3) is 0 Å². The zero-order valence-electron chi connectivity index (χ0n) is 9.23. The van der Waals surface area contributed by atoms with Crippen LogP contribution in [-0.4, -0.2) is 18.4 Å². The summed E-state index contributed by atoms with van der Waals surface area (Å²) in [5.41, 5.74) is 3.41. The predicted octanol–water partition coefficient (Wildman–Crippen LogP) is 3.61. The van der Waals surface area contributed by atoms with E-state index < -0.39 is 6.36 Å². The number of nitrogens with zero attached hydrogens (tertiary/aromatic N) is 2. The number of benzene rings is 1. The lowest BCUT2D eigenvalue weighted by Gasteiger charge is -2.17. The van der Waals surface area contributed by atoms with E-state index in [0.29, 0.717) is 11.5 Å². The van der Waals surface area contributed by atoms with Crippen LogP contribution in [0.5, 0.6) is 5.75 Å². The Bertz CT molecular complexity index is 496. The lowest BCUT2D eigenvalue weighted by molar-refractivity contribution is -0.274. The van der Waals surface area contributed by atoms with Crippen molar-refractivity contribution in [2.24, 2.45) is 0 Å². The Morgan fingerprint density at radius 1 is 1.28 bits per heavy atom. The molecular formula is C11H8F3N2OS. The third kappa shape index (κ3) is 3.13. The summed E-state index contributed by atoms with van der Waals surface area (Å²) in [7, 11) is 1.77. The van der Waals surface area contributed by atoms with Crippen LogP contribution in [0.15, 0.2) is 29.6 Å². The molecule has 18 heavy (non-hydrogen) atoms. The van der Waals surface area contributed by atoms with Gasteiger partial charge in [-0.25, -0.2) is 4.98 Å². The minimum absolute atomic E-state index is 0.246. The van der Waals surface area contributed by atoms with Gasteiger partial charge in [0.05, 0.1) is 0 Å². The highest BCUT2D eigenvalue weighted by Crippen LogP contribution is 2.27. The number of alkyl halides is 3. The Balaban J connectivity index is 2.13. The molecule has 3 nitrogen and oxygen atoms in total. The maximum atomic E-state index is 12.0. The number of hydrogen-bond acceptors (Lipinski definition) is 4. The first-order valence-electron chi connectivity index (χ1n) is 4.87. The molecule has 2 rings (SSSR count). The first-order chi connectivity index (χ1) is 8.46. The highest BCUT2D eigenvalue weighted by atomic mass is 32.1. The smallest absolute Gasteiger partial charge is 0.406 e. The van der Waals surface area contributed by atoms with Crippen molar-refractivity contribution in [3.8, 4) is 5.75 Å². The second-order valence-corrected chi connectivity index (χ2v) is 4.05. The molecule has 0 saturated carbocycles. The zero-order valence-corrected chi connectivity index (χ0v) is 10.0. The van der Waals surface area contributed by atoms with E-state index in [1.54, 1.807) is 17.3 Å². The Morgan fingerprint density at radius 2 is 1.94 bits per heavy atom. The van der Waals surface area contributed by atoms with Gasteiger partial charge in [-0.05, 0) is 24.3 Å². The van der Waals surface area contributed by atoms with E-state index in [0.717, 1.165) is 0 Å². The van der Waals surface area contributed by atoms with E-state index in [9.17, 15) is 13.2 Å². The number of anilines is 2. The molecule has 0 aliphatic heterocycles. The van der Waals surface area contributed by atoms with Gasteiger partial charge in [0.2, 0.25) is 0 Å². The minimum Gasteiger partial charge on any atom is -0.406 e. The van der Waals surface area contributed by atoms with Crippen LogP contribution in [0.1, 0.15) is 0 Å². The van der Waals surface area contributed by atoms with Crippen LogP contribution in [-0.2, 0) is 0 Å². The molecule has 0 N–H and O–H groups in total. The molecule has 0 amide bonds. The fourth-order valence-corrected chi connectivity index (χ4v) is 1.85. The van der Waals surface area contributed by atoms with E-state index in [2.05, 4.69) is 15.2 Å². The van der Waals surface area contributed by atoms with Crippen LogP contribution in [0.2, 0.25) is 0 Å². The fourth-order valence-electron chi connectivity index (χ4n) is 1.34. The molecule has 0 aliphatic rings. The number of hydrogen-bond donors (Lipinski definition) is 0. The molecule has 0 spiro atoms. The average Bonchev–Trinajstić information content (AvgIpc) is 2.80. The Morgan fingerprint density at radius 3 is 2.44 bits per heavy atom. The van der Waals surface area contributed by atoms with Gasteiger partial charge in [0.25, 0.3) is 0 Å². The number of halogens is 3. The van der Waals surface area contributed by atoms with Crippen LogP contribution in [0, 0.1) is 5.51 Å². The maximum Gasteiger partial charge on any atom is 0.573 e. The molecule has 0 fully saturated rings. The summed E-state index contributed by atoms with van der Waals surface area (Å²) in [4.78, 5) is 5.72. The summed E-state index contributed by atoms with van der Waals surface area (Å²) < 4.78 is 39.7. The molecule has 1 aromatic heterocycles. The largest absolute Gasteiger partial charge is 0.573 e. The third-order valence-corrected chi connectivity index (χ3v) is 2.70. The first-order valence-corrected chi connectivity index (χ1v) is 5.75. The van der Waals surface area contributed by atoms with Crippen molar-refractivity contribution in [2.75, 3.05) is 11.9 Å². The molecule has 0 atom stereocenters. The maximum absolute atomic E-state index is 12.0. The van der Waals surface area contributed by atoms with Crippen molar-refractivity contribution in [2.45, 2.75) is 6.36 Å². The quantitative estimate of drug-likeness (QED) is 0.854. The average molecular weight is 273 g/mol. The highest BCUT2D eigenvalue weighted by Gasteiger charge is 2.30. The topological polar surface area (TPSA) is 25.4 Å². The van der Waals surface area contributed by atoms with Crippen molar-refractivity contribution in [1.29, 1.82) is 0 Å². The second-order valence-electron chi connectivity index (χ2n) is 3.40. The van der Waals surface area contributed by atoms with Crippen molar-refractivity contribution in [1.82, 2.24) is 4.98 Å². The SMILES string of the molecule is CN(c1ccc(OC(F)(F)F)cc1)c1cs[c]n1. The minimum atomic E-state index is -4.67. The lowest BCUT2D eigenvalue weighted by Crippen LogP contribution is -2.17. The van der Waals surface area contributed by atoms with Gasteiger partial charge in [-0.3, -0.25) is 0 Å². The lowest BCUT2D eigenvalue weighted by atomic mass is 10.3. The van der Waals surface area contributed by atoms with E-state index in [1.165, 1.54) is 35.6 Å². The van der Waals surface area contributed by atoms with Crippen LogP contribution < -0.4 is 9.64 Å². The van der Waals surface area contributed by atoms with Gasteiger partial charge in [0.1, 0.15) is 11.6 Å². The van der Waals surface area contributed by atoms with Gasteiger partial charge in [0.15, 0.2) is 5.51 Å². The summed E-state index contributed by atoms with van der Waals surface area (Å²) in [5.74, 6) is 0.439. The van der Waals surface area contributed by atoms with Gasteiger partial charge in [0, 0.05) is 18.1 Å². The van der Waals surface area contributed by atoms with Crippen LogP contribution in [0.3, 0.4) is 0 Å². The molecule has 0 aliphatic carbocycles. The summed E-state index contributed by atoms with van der Waals surface area (Å²) in [6, 6.07) is 5.58. The first kappa shape index (κ1) is 12.7. The molecular weight excluding hydrogens is 265 g/mol. The molecule has 0 unspecified atom stereocenters. The molecule has 0 saturated heterocycles. The molecule has 1 radical (unpaired) electrons. The summed E-state index contributed by atoms with van der Waals surface area (Å²) >= 11 is 1.32. The molecule has 0 bridgehead atoms. The van der Waals surface area contributed by atoms with Gasteiger partial charge < -0.3 is 9.64 Å². The van der Waals surface area contributed by atoms with Gasteiger partial charge >= 0.3 is 6.36 Å². The van der Waals surface area contributed by atoms with E-state index >= 15 is 0 Å². The van der Waals surface area contributed by atoms with E-state index in [-0.39, 0.29) is 5.75 Å². The summed E-state index contributed by atoms with van der Waals surface area (Å²) in [6.45, 7) is 0.